The minimum Gasteiger partial charge on any atom is -0.312 e. The van der Waals surface area contributed by atoms with Gasteiger partial charge in [-0.2, -0.15) is 16.6 Å². The van der Waals surface area contributed by atoms with Crippen LogP contribution in [0.2, 0.25) is 0 Å². The molecule has 19 heavy (non-hydrogen) atoms. The Morgan fingerprint density at radius 1 is 1.42 bits per heavy atom. The molecular weight excluding hydrogens is 276 g/mol. The van der Waals surface area contributed by atoms with Crippen molar-refractivity contribution >= 4 is 33.6 Å². The minimum absolute atomic E-state index is 0.116. The topological polar surface area (TPSA) is 52.9 Å². The second-order valence-electron chi connectivity index (χ2n) is 4.60. The van der Waals surface area contributed by atoms with Crippen molar-refractivity contribution < 1.29 is 4.79 Å². The van der Waals surface area contributed by atoms with Crippen molar-refractivity contribution in [3.05, 3.63) is 37.9 Å². The van der Waals surface area contributed by atoms with Crippen LogP contribution in [0.1, 0.15) is 38.3 Å². The van der Waals surface area contributed by atoms with Gasteiger partial charge in [-0.3, -0.25) is 4.79 Å². The number of nitriles is 1. The predicted octanol–water partition coefficient (Wildman–Crippen LogP) is 3.73. The van der Waals surface area contributed by atoms with Crippen LogP contribution in [0.5, 0.6) is 0 Å². The fourth-order valence-electron chi connectivity index (χ4n) is 2.37. The third kappa shape index (κ3) is 2.07. The molecular formula is C14H12N2OS2. The Morgan fingerprint density at radius 3 is 2.95 bits per heavy atom. The van der Waals surface area contributed by atoms with Crippen molar-refractivity contribution in [1.82, 2.24) is 0 Å². The molecule has 2 heterocycles. The average molecular weight is 288 g/mol. The molecule has 2 aromatic heterocycles. The number of thiophene rings is 2. The van der Waals surface area contributed by atoms with Gasteiger partial charge in [0, 0.05) is 10.3 Å². The number of anilines is 1. The summed E-state index contributed by atoms with van der Waals surface area (Å²) in [6.45, 7) is 1.92. The van der Waals surface area contributed by atoms with Gasteiger partial charge in [-0.1, -0.05) is 0 Å². The van der Waals surface area contributed by atoms with E-state index in [1.165, 1.54) is 16.2 Å². The molecule has 0 aliphatic heterocycles. The van der Waals surface area contributed by atoms with Crippen LogP contribution in [0.15, 0.2) is 10.8 Å². The number of amides is 1. The molecule has 5 heteroatoms. The maximum atomic E-state index is 12.2. The lowest BCUT2D eigenvalue weighted by molar-refractivity contribution is 0.102. The highest BCUT2D eigenvalue weighted by Gasteiger charge is 2.23. The SMILES string of the molecule is Cc1cscc1C(=O)Nc1sc2c(c1C#N)CCC2. The number of nitrogens with one attached hydrogen (secondary N) is 1. The van der Waals surface area contributed by atoms with Gasteiger partial charge in [0.15, 0.2) is 0 Å². The maximum Gasteiger partial charge on any atom is 0.257 e. The van der Waals surface area contributed by atoms with Gasteiger partial charge in [0.1, 0.15) is 11.1 Å². The van der Waals surface area contributed by atoms with Crippen LogP contribution in [-0.4, -0.2) is 5.91 Å². The molecule has 0 radical (unpaired) electrons. The highest BCUT2D eigenvalue weighted by molar-refractivity contribution is 7.16. The van der Waals surface area contributed by atoms with E-state index < -0.39 is 0 Å². The highest BCUT2D eigenvalue weighted by atomic mass is 32.1. The van der Waals surface area contributed by atoms with Crippen molar-refractivity contribution in [3.63, 3.8) is 0 Å². The van der Waals surface area contributed by atoms with Crippen molar-refractivity contribution in [2.75, 3.05) is 5.32 Å². The van der Waals surface area contributed by atoms with E-state index in [1.807, 2.05) is 17.7 Å². The number of hydrogen-bond donors (Lipinski definition) is 1. The fourth-order valence-corrected chi connectivity index (χ4v) is 4.44. The first-order valence-electron chi connectivity index (χ1n) is 6.09. The molecule has 0 spiro atoms. The van der Waals surface area contributed by atoms with E-state index in [2.05, 4.69) is 11.4 Å². The van der Waals surface area contributed by atoms with Crippen molar-refractivity contribution in [1.29, 1.82) is 5.26 Å². The highest BCUT2D eigenvalue weighted by Crippen LogP contribution is 2.38. The van der Waals surface area contributed by atoms with Crippen LogP contribution in [0, 0.1) is 18.3 Å². The third-order valence-electron chi connectivity index (χ3n) is 3.36. The van der Waals surface area contributed by atoms with Crippen LogP contribution in [-0.2, 0) is 12.8 Å². The molecule has 0 fully saturated rings. The largest absolute Gasteiger partial charge is 0.312 e. The number of carbonyl (C=O) groups excluding carboxylic acids is 1. The molecule has 3 rings (SSSR count). The molecule has 0 atom stereocenters. The van der Waals surface area contributed by atoms with Crippen molar-refractivity contribution in [2.24, 2.45) is 0 Å². The normalized spacial score (nSPS) is 13.1. The molecule has 1 aliphatic rings. The minimum atomic E-state index is -0.116. The molecule has 0 bridgehead atoms. The molecule has 0 saturated carbocycles. The van der Waals surface area contributed by atoms with Gasteiger partial charge in [-0.25, -0.2) is 0 Å². The first-order valence-corrected chi connectivity index (χ1v) is 7.85. The van der Waals surface area contributed by atoms with E-state index in [4.69, 9.17) is 0 Å². The summed E-state index contributed by atoms with van der Waals surface area (Å²) in [5.74, 6) is -0.116. The van der Waals surface area contributed by atoms with Crippen LogP contribution in [0.4, 0.5) is 5.00 Å². The fraction of sp³-hybridized carbons (Fsp3) is 0.286. The number of aryl methyl sites for hydroxylation is 2. The lowest BCUT2D eigenvalue weighted by Gasteiger charge is -2.03. The summed E-state index contributed by atoms with van der Waals surface area (Å²) in [6, 6.07) is 2.24. The lowest BCUT2D eigenvalue weighted by Crippen LogP contribution is -2.12. The monoisotopic (exact) mass is 288 g/mol. The van der Waals surface area contributed by atoms with Crippen molar-refractivity contribution in [2.45, 2.75) is 26.2 Å². The zero-order valence-electron chi connectivity index (χ0n) is 10.4. The zero-order valence-corrected chi connectivity index (χ0v) is 12.1. The summed E-state index contributed by atoms with van der Waals surface area (Å²) < 4.78 is 0. The van der Waals surface area contributed by atoms with Crippen LogP contribution >= 0.6 is 22.7 Å². The number of fused-ring (bicyclic) bond motifs is 1. The van der Waals surface area contributed by atoms with Gasteiger partial charge in [-0.05, 0) is 42.7 Å². The van der Waals surface area contributed by atoms with Crippen LogP contribution < -0.4 is 5.32 Å². The van der Waals surface area contributed by atoms with Gasteiger partial charge >= 0.3 is 0 Å². The predicted molar refractivity (Wildman–Crippen MR) is 78.1 cm³/mol. The molecule has 0 aromatic carbocycles. The Labute approximate surface area is 119 Å². The molecule has 2 aromatic rings. The standard InChI is InChI=1S/C14H12N2OS2/c1-8-6-18-7-11(8)13(17)16-14-10(5-15)9-3-2-4-12(9)19-14/h6-7H,2-4H2,1H3,(H,16,17). The number of nitrogens with zero attached hydrogens (tertiary/aromatic N) is 1. The molecule has 1 amide bonds. The maximum absolute atomic E-state index is 12.2. The first kappa shape index (κ1) is 12.4. The quantitative estimate of drug-likeness (QED) is 0.915. The summed E-state index contributed by atoms with van der Waals surface area (Å²) in [5, 5.41) is 16.7. The Balaban J connectivity index is 1.91. The molecule has 96 valence electrons. The first-order chi connectivity index (χ1) is 9.20. The van der Waals surface area contributed by atoms with Crippen molar-refractivity contribution in [3.8, 4) is 6.07 Å². The van der Waals surface area contributed by atoms with Gasteiger partial charge in [0.25, 0.3) is 5.91 Å². The molecule has 3 nitrogen and oxygen atoms in total. The summed E-state index contributed by atoms with van der Waals surface area (Å²) in [5.41, 5.74) is 3.48. The smallest absolute Gasteiger partial charge is 0.257 e. The van der Waals surface area contributed by atoms with E-state index in [9.17, 15) is 10.1 Å². The van der Waals surface area contributed by atoms with Crippen LogP contribution in [0.25, 0.3) is 0 Å². The third-order valence-corrected chi connectivity index (χ3v) is 5.43. The van der Waals surface area contributed by atoms with E-state index in [0.717, 1.165) is 30.4 Å². The second kappa shape index (κ2) is 4.80. The van der Waals surface area contributed by atoms with Crippen LogP contribution in [0.3, 0.4) is 0 Å². The Bertz CT molecular complexity index is 691. The Kier molecular flexibility index (Phi) is 3.13. The van der Waals surface area contributed by atoms with E-state index in [1.54, 1.807) is 11.3 Å². The van der Waals surface area contributed by atoms with E-state index in [-0.39, 0.29) is 5.91 Å². The zero-order chi connectivity index (χ0) is 13.4. The molecule has 0 unspecified atom stereocenters. The molecule has 0 saturated heterocycles. The van der Waals surface area contributed by atoms with Gasteiger partial charge in [0.05, 0.1) is 11.1 Å². The summed E-state index contributed by atoms with van der Waals surface area (Å²) in [4.78, 5) is 13.4. The van der Waals surface area contributed by atoms with Gasteiger partial charge in [-0.15, -0.1) is 11.3 Å². The number of rotatable bonds is 2. The van der Waals surface area contributed by atoms with E-state index >= 15 is 0 Å². The Hall–Kier alpha value is -1.64. The summed E-state index contributed by atoms with van der Waals surface area (Å²) in [6.07, 6.45) is 3.11. The number of hydrogen-bond acceptors (Lipinski definition) is 4. The second-order valence-corrected chi connectivity index (χ2v) is 6.44. The molecule has 1 N–H and O–H groups in total. The Morgan fingerprint density at radius 2 is 2.26 bits per heavy atom. The summed E-state index contributed by atoms with van der Waals surface area (Å²) >= 11 is 3.07. The van der Waals surface area contributed by atoms with Gasteiger partial charge in [0.2, 0.25) is 0 Å². The average Bonchev–Trinajstić information content (AvgIpc) is 3.04. The van der Waals surface area contributed by atoms with Gasteiger partial charge < -0.3 is 5.32 Å². The molecule has 1 aliphatic carbocycles. The summed E-state index contributed by atoms with van der Waals surface area (Å²) in [7, 11) is 0. The lowest BCUT2D eigenvalue weighted by atomic mass is 10.1. The van der Waals surface area contributed by atoms with E-state index in [0.29, 0.717) is 16.1 Å². The number of carbonyl (C=O) groups is 1.